The van der Waals surface area contributed by atoms with Gasteiger partial charge in [-0.05, 0) is 41.3 Å². The highest BCUT2D eigenvalue weighted by molar-refractivity contribution is 9.10. The third kappa shape index (κ3) is 2.44. The summed E-state index contributed by atoms with van der Waals surface area (Å²) in [4.78, 5) is 11.8. The number of carbonyl (C=O) groups is 1. The van der Waals surface area contributed by atoms with Gasteiger partial charge in [0.05, 0.1) is 23.3 Å². The summed E-state index contributed by atoms with van der Waals surface area (Å²) in [6, 6.07) is 1.61. The lowest BCUT2D eigenvalue weighted by atomic mass is 10.1. The Morgan fingerprint density at radius 2 is 2.38 bits per heavy atom. The summed E-state index contributed by atoms with van der Waals surface area (Å²) in [5.74, 6) is -1.36. The highest BCUT2D eigenvalue weighted by Gasteiger charge is 2.25. The summed E-state index contributed by atoms with van der Waals surface area (Å²) in [5.41, 5.74) is 0.541. The van der Waals surface area contributed by atoms with Crippen LogP contribution in [-0.4, -0.2) is 29.5 Å². The molecule has 1 aromatic carbocycles. The highest BCUT2D eigenvalue weighted by atomic mass is 79.9. The SMILES string of the molecule is COC(=O)c1c(F)c(Br)cc2c1cnn2C1CCCCO1. The van der Waals surface area contributed by atoms with Crippen molar-refractivity contribution in [3.63, 3.8) is 0 Å². The number of ether oxygens (including phenoxy) is 2. The van der Waals surface area contributed by atoms with E-state index in [9.17, 15) is 9.18 Å². The maximum atomic E-state index is 14.2. The zero-order valence-corrected chi connectivity index (χ0v) is 13.0. The van der Waals surface area contributed by atoms with Gasteiger partial charge in [0.1, 0.15) is 5.56 Å². The fourth-order valence-corrected chi connectivity index (χ4v) is 2.99. The number of rotatable bonds is 2. The van der Waals surface area contributed by atoms with Crippen LogP contribution in [0.15, 0.2) is 16.7 Å². The fraction of sp³-hybridized carbons (Fsp3) is 0.429. The van der Waals surface area contributed by atoms with Crippen molar-refractivity contribution < 1.29 is 18.7 Å². The first-order chi connectivity index (χ1) is 10.1. The minimum Gasteiger partial charge on any atom is -0.465 e. The van der Waals surface area contributed by atoms with Gasteiger partial charge in [0.25, 0.3) is 0 Å². The molecule has 0 radical (unpaired) electrons. The molecule has 1 atom stereocenters. The Kier molecular flexibility index (Phi) is 3.95. The number of methoxy groups -OCH3 is 1. The van der Waals surface area contributed by atoms with E-state index < -0.39 is 11.8 Å². The lowest BCUT2D eigenvalue weighted by Gasteiger charge is -2.23. The predicted molar refractivity (Wildman–Crippen MR) is 77.6 cm³/mol. The Balaban J connectivity index is 2.17. The molecule has 1 aliphatic rings. The molecule has 0 amide bonds. The van der Waals surface area contributed by atoms with Crippen LogP contribution in [0.3, 0.4) is 0 Å². The molecule has 1 unspecified atom stereocenters. The smallest absolute Gasteiger partial charge is 0.341 e. The van der Waals surface area contributed by atoms with E-state index in [1.165, 1.54) is 13.3 Å². The molecular formula is C14H14BrFN2O3. The molecule has 7 heteroatoms. The second-order valence-electron chi connectivity index (χ2n) is 4.88. The molecule has 0 saturated carbocycles. The van der Waals surface area contributed by atoms with Crippen molar-refractivity contribution in [3.8, 4) is 0 Å². The van der Waals surface area contributed by atoms with Gasteiger partial charge in [-0.2, -0.15) is 5.10 Å². The molecule has 0 bridgehead atoms. The van der Waals surface area contributed by atoms with Gasteiger partial charge in [-0.1, -0.05) is 0 Å². The van der Waals surface area contributed by atoms with Crippen LogP contribution in [-0.2, 0) is 9.47 Å². The van der Waals surface area contributed by atoms with E-state index in [2.05, 4.69) is 25.8 Å². The van der Waals surface area contributed by atoms with Crippen LogP contribution >= 0.6 is 15.9 Å². The Labute approximate surface area is 129 Å². The van der Waals surface area contributed by atoms with Crippen LogP contribution in [0.25, 0.3) is 10.9 Å². The van der Waals surface area contributed by atoms with Crippen molar-refractivity contribution in [1.29, 1.82) is 0 Å². The molecule has 1 saturated heterocycles. The third-order valence-corrected chi connectivity index (χ3v) is 4.19. The summed E-state index contributed by atoms with van der Waals surface area (Å²) in [6.07, 6.45) is 4.23. The van der Waals surface area contributed by atoms with E-state index in [0.717, 1.165) is 19.3 Å². The molecule has 3 rings (SSSR count). The van der Waals surface area contributed by atoms with Gasteiger partial charge >= 0.3 is 5.97 Å². The Morgan fingerprint density at radius 3 is 3.05 bits per heavy atom. The van der Waals surface area contributed by atoms with Crippen LogP contribution in [0.5, 0.6) is 0 Å². The topological polar surface area (TPSA) is 53.3 Å². The molecule has 0 spiro atoms. The number of esters is 1. The van der Waals surface area contributed by atoms with Crippen LogP contribution in [0.2, 0.25) is 0 Å². The van der Waals surface area contributed by atoms with Crippen molar-refractivity contribution in [2.24, 2.45) is 0 Å². The molecule has 2 heterocycles. The first-order valence-electron chi connectivity index (χ1n) is 6.68. The zero-order valence-electron chi connectivity index (χ0n) is 11.4. The zero-order chi connectivity index (χ0) is 15.0. The molecule has 0 N–H and O–H groups in total. The number of hydrogen-bond donors (Lipinski definition) is 0. The first-order valence-corrected chi connectivity index (χ1v) is 7.48. The number of halogens is 2. The fourth-order valence-electron chi connectivity index (χ4n) is 2.58. The van der Waals surface area contributed by atoms with Crippen LogP contribution in [0.1, 0.15) is 35.8 Å². The monoisotopic (exact) mass is 356 g/mol. The average molecular weight is 357 g/mol. The minimum atomic E-state index is -0.720. The summed E-state index contributed by atoms with van der Waals surface area (Å²) < 4.78 is 26.5. The molecule has 2 aromatic rings. The average Bonchev–Trinajstić information content (AvgIpc) is 2.91. The number of nitrogens with zero attached hydrogens (tertiary/aromatic N) is 2. The van der Waals surface area contributed by atoms with E-state index in [4.69, 9.17) is 4.74 Å². The van der Waals surface area contributed by atoms with E-state index in [-0.39, 0.29) is 16.3 Å². The van der Waals surface area contributed by atoms with Crippen molar-refractivity contribution in [2.45, 2.75) is 25.5 Å². The summed E-state index contributed by atoms with van der Waals surface area (Å²) >= 11 is 3.14. The lowest BCUT2D eigenvalue weighted by molar-refractivity contribution is -0.0366. The molecular weight excluding hydrogens is 343 g/mol. The maximum Gasteiger partial charge on any atom is 0.341 e. The van der Waals surface area contributed by atoms with Crippen molar-refractivity contribution >= 4 is 32.8 Å². The van der Waals surface area contributed by atoms with E-state index in [0.29, 0.717) is 17.5 Å². The summed E-state index contributed by atoms with van der Waals surface area (Å²) in [6.45, 7) is 0.679. The van der Waals surface area contributed by atoms with Crippen molar-refractivity contribution in [1.82, 2.24) is 9.78 Å². The van der Waals surface area contributed by atoms with E-state index in [1.807, 2.05) is 0 Å². The molecule has 0 aliphatic carbocycles. The molecule has 5 nitrogen and oxygen atoms in total. The second-order valence-corrected chi connectivity index (χ2v) is 5.74. The van der Waals surface area contributed by atoms with Gasteiger partial charge in [0.15, 0.2) is 12.0 Å². The van der Waals surface area contributed by atoms with Gasteiger partial charge in [0.2, 0.25) is 0 Å². The summed E-state index contributed by atoms with van der Waals surface area (Å²) in [5, 5.41) is 4.70. The normalized spacial score (nSPS) is 18.9. The molecule has 1 aliphatic heterocycles. The first kappa shape index (κ1) is 14.5. The molecule has 112 valence electrons. The Bertz CT molecular complexity index is 695. The van der Waals surface area contributed by atoms with Gasteiger partial charge in [-0.25, -0.2) is 13.9 Å². The largest absolute Gasteiger partial charge is 0.465 e. The number of carbonyl (C=O) groups excluding carboxylic acids is 1. The quantitative estimate of drug-likeness (QED) is 0.773. The Morgan fingerprint density at radius 1 is 1.57 bits per heavy atom. The van der Waals surface area contributed by atoms with E-state index >= 15 is 0 Å². The number of aromatic nitrogens is 2. The molecule has 21 heavy (non-hydrogen) atoms. The third-order valence-electron chi connectivity index (χ3n) is 3.61. The Hall–Kier alpha value is -1.47. The van der Waals surface area contributed by atoms with Crippen LogP contribution in [0, 0.1) is 5.82 Å². The molecule has 1 aromatic heterocycles. The second kappa shape index (κ2) is 5.73. The maximum absolute atomic E-state index is 14.2. The number of fused-ring (bicyclic) bond motifs is 1. The van der Waals surface area contributed by atoms with Gasteiger partial charge < -0.3 is 9.47 Å². The standard InChI is InChI=1S/C14H14BrFN2O3/c1-20-14(19)12-8-7-17-18(11-4-2-3-5-21-11)10(8)6-9(15)13(12)16/h6-7,11H,2-5H2,1H3. The number of benzene rings is 1. The van der Waals surface area contributed by atoms with Gasteiger partial charge in [0, 0.05) is 12.0 Å². The highest BCUT2D eigenvalue weighted by Crippen LogP contribution is 2.32. The predicted octanol–water partition coefficient (Wildman–Crippen LogP) is 3.42. The van der Waals surface area contributed by atoms with Crippen molar-refractivity contribution in [3.05, 3.63) is 28.1 Å². The minimum absolute atomic E-state index is 0.107. The van der Waals surface area contributed by atoms with Crippen LogP contribution in [0.4, 0.5) is 4.39 Å². The van der Waals surface area contributed by atoms with E-state index in [1.54, 1.807) is 10.7 Å². The van der Waals surface area contributed by atoms with Gasteiger partial charge in [-0.3, -0.25) is 0 Å². The lowest BCUT2D eigenvalue weighted by Crippen LogP contribution is -2.19. The van der Waals surface area contributed by atoms with Crippen LogP contribution < -0.4 is 0 Å². The molecule has 1 fully saturated rings. The summed E-state index contributed by atoms with van der Waals surface area (Å²) in [7, 11) is 1.23. The van der Waals surface area contributed by atoms with Gasteiger partial charge in [-0.15, -0.1) is 0 Å². The number of hydrogen-bond acceptors (Lipinski definition) is 4. The van der Waals surface area contributed by atoms with Crippen molar-refractivity contribution in [2.75, 3.05) is 13.7 Å².